The van der Waals surface area contributed by atoms with Crippen LogP contribution in [0.3, 0.4) is 0 Å². The van der Waals surface area contributed by atoms with Gasteiger partial charge in [0.1, 0.15) is 32.7 Å². The molecule has 0 saturated heterocycles. The first kappa shape index (κ1) is 19.8. The van der Waals surface area contributed by atoms with Crippen molar-refractivity contribution in [3.8, 4) is 0 Å². The van der Waals surface area contributed by atoms with Crippen molar-refractivity contribution in [2.24, 2.45) is 0 Å². The molecule has 0 aromatic carbocycles. The van der Waals surface area contributed by atoms with Crippen molar-refractivity contribution in [2.45, 2.75) is 31.6 Å². The van der Waals surface area contributed by atoms with Gasteiger partial charge in [0, 0.05) is 34.4 Å². The Morgan fingerprint density at radius 2 is 1.12 bits per heavy atom. The molecule has 1 aliphatic rings. The molecule has 9 heteroatoms. The lowest BCUT2D eigenvalue weighted by Gasteiger charge is -2.25. The minimum atomic E-state index is 0.329. The van der Waals surface area contributed by atoms with Crippen LogP contribution in [0.1, 0.15) is 37.4 Å². The van der Waals surface area contributed by atoms with Gasteiger partial charge in [-0.15, -0.1) is 0 Å². The number of ether oxygens (including phenoxy) is 4. The molecule has 0 spiro atoms. The first-order valence-electron chi connectivity index (χ1n) is 8.45. The lowest BCUT2D eigenvalue weighted by Crippen LogP contribution is -2.33. The van der Waals surface area contributed by atoms with E-state index in [2.05, 4.69) is 4.98 Å². The normalized spacial score (nSPS) is 14.9. The summed E-state index contributed by atoms with van der Waals surface area (Å²) in [6, 6.07) is 0. The Hall–Kier alpha value is -1.55. The largest absolute Gasteiger partial charge is 0.364 e. The predicted octanol–water partition coefficient (Wildman–Crippen LogP) is 1.56. The van der Waals surface area contributed by atoms with Gasteiger partial charge in [-0.2, -0.15) is 15.0 Å². The smallest absolute Gasteiger partial charge is 0.234 e. The van der Waals surface area contributed by atoms with E-state index in [1.54, 1.807) is 28.4 Å². The molecule has 1 aliphatic carbocycles. The number of hydrogen-bond donors (Lipinski definition) is 0. The van der Waals surface area contributed by atoms with Crippen LogP contribution in [0.25, 0.3) is 0 Å². The number of rotatable bonds is 11. The molecule has 25 heavy (non-hydrogen) atoms. The highest BCUT2D eigenvalue weighted by Gasteiger charge is 2.24. The Bertz CT molecular complexity index is 467. The summed E-state index contributed by atoms with van der Waals surface area (Å²) in [7, 11) is 6.52. The molecule has 0 radical (unpaired) electrons. The molecule has 142 valence electrons. The van der Waals surface area contributed by atoms with Gasteiger partial charge in [0.05, 0.1) is 0 Å². The lowest BCUT2D eigenvalue weighted by atomic mass is 10.1. The molecule has 1 heterocycles. The molecule has 1 aromatic rings. The maximum Gasteiger partial charge on any atom is 0.234 e. The van der Waals surface area contributed by atoms with Gasteiger partial charge < -0.3 is 18.9 Å². The fourth-order valence-corrected chi connectivity index (χ4v) is 2.95. The molecule has 9 nitrogen and oxygen atoms in total. The molecule has 0 N–H and O–H groups in total. The molecule has 0 aliphatic heterocycles. The third-order valence-corrected chi connectivity index (χ3v) is 4.05. The van der Waals surface area contributed by atoms with Gasteiger partial charge in [-0.1, -0.05) is 12.8 Å². The fraction of sp³-hybridized carbons (Fsp3) is 0.812. The van der Waals surface area contributed by atoms with E-state index in [9.17, 15) is 0 Å². The average Bonchev–Trinajstić information content (AvgIpc) is 3.16. The second kappa shape index (κ2) is 10.4. The minimum Gasteiger partial charge on any atom is -0.364 e. The first-order chi connectivity index (χ1) is 12.2. The monoisotopic (exact) mass is 355 g/mol. The summed E-state index contributed by atoms with van der Waals surface area (Å²) in [5, 5.41) is 0. The summed E-state index contributed by atoms with van der Waals surface area (Å²) in [5.74, 6) is 2.24. The van der Waals surface area contributed by atoms with Crippen molar-refractivity contribution in [1.29, 1.82) is 0 Å². The quantitative estimate of drug-likeness (QED) is 0.549. The van der Waals surface area contributed by atoms with E-state index in [-0.39, 0.29) is 0 Å². The highest BCUT2D eigenvalue weighted by molar-refractivity contribution is 5.39. The second-order valence-corrected chi connectivity index (χ2v) is 6.03. The highest BCUT2D eigenvalue weighted by atomic mass is 16.5. The maximum absolute atomic E-state index is 5.25. The van der Waals surface area contributed by atoms with E-state index < -0.39 is 0 Å². The third kappa shape index (κ3) is 5.46. The van der Waals surface area contributed by atoms with Crippen molar-refractivity contribution in [3.63, 3.8) is 0 Å². The van der Waals surface area contributed by atoms with Crippen LogP contribution in [0.15, 0.2) is 0 Å². The van der Waals surface area contributed by atoms with E-state index in [1.807, 2.05) is 9.80 Å². The summed E-state index contributed by atoms with van der Waals surface area (Å²) in [5.41, 5.74) is 0. The molecule has 1 aromatic heterocycles. The molecule has 0 bridgehead atoms. The molecule has 2 rings (SSSR count). The average molecular weight is 355 g/mol. The van der Waals surface area contributed by atoms with Gasteiger partial charge in [-0.05, 0) is 12.8 Å². The molecule has 1 fully saturated rings. The van der Waals surface area contributed by atoms with Crippen LogP contribution in [-0.2, 0) is 18.9 Å². The Morgan fingerprint density at radius 3 is 1.48 bits per heavy atom. The zero-order valence-corrected chi connectivity index (χ0v) is 15.6. The van der Waals surface area contributed by atoms with E-state index in [0.717, 1.165) is 18.7 Å². The molecule has 0 amide bonds. The Morgan fingerprint density at radius 1 is 0.720 bits per heavy atom. The van der Waals surface area contributed by atoms with Gasteiger partial charge in [-0.3, -0.25) is 9.80 Å². The topological polar surface area (TPSA) is 82.1 Å². The third-order valence-electron chi connectivity index (χ3n) is 4.05. The van der Waals surface area contributed by atoms with Gasteiger partial charge in [-0.25, -0.2) is 0 Å². The van der Waals surface area contributed by atoms with Crippen molar-refractivity contribution in [3.05, 3.63) is 5.82 Å². The lowest BCUT2D eigenvalue weighted by molar-refractivity contribution is 0.136. The van der Waals surface area contributed by atoms with E-state index in [0.29, 0.717) is 44.7 Å². The Kier molecular flexibility index (Phi) is 8.26. The summed E-state index contributed by atoms with van der Waals surface area (Å²) >= 11 is 0. The van der Waals surface area contributed by atoms with E-state index >= 15 is 0 Å². The summed E-state index contributed by atoms with van der Waals surface area (Å²) < 4.78 is 21.0. The zero-order chi connectivity index (χ0) is 18.1. The predicted molar refractivity (Wildman–Crippen MR) is 93.5 cm³/mol. The standard InChI is InChI=1S/C16H29N5O4/c1-22-9-20(10-23-2)15-17-14(13-7-5-6-8-13)18-16(19-15)21(11-24-3)12-25-4/h13H,5-12H2,1-4H3. The minimum absolute atomic E-state index is 0.329. The molecule has 0 unspecified atom stereocenters. The first-order valence-corrected chi connectivity index (χ1v) is 8.45. The van der Waals surface area contributed by atoms with Gasteiger partial charge in [0.25, 0.3) is 0 Å². The number of methoxy groups -OCH3 is 4. The van der Waals surface area contributed by atoms with Crippen LogP contribution in [0, 0.1) is 0 Å². The summed E-state index contributed by atoms with van der Waals surface area (Å²) in [6.45, 7) is 1.32. The Labute approximate surface area is 149 Å². The number of hydrogen-bond acceptors (Lipinski definition) is 9. The number of anilines is 2. The fourth-order valence-electron chi connectivity index (χ4n) is 2.95. The van der Waals surface area contributed by atoms with Crippen LogP contribution in [0.4, 0.5) is 11.9 Å². The highest BCUT2D eigenvalue weighted by Crippen LogP contribution is 2.33. The van der Waals surface area contributed by atoms with Crippen molar-refractivity contribution < 1.29 is 18.9 Å². The molecule has 0 atom stereocenters. The zero-order valence-electron chi connectivity index (χ0n) is 15.6. The van der Waals surface area contributed by atoms with Gasteiger partial charge in [0.2, 0.25) is 11.9 Å². The number of nitrogens with zero attached hydrogens (tertiary/aromatic N) is 5. The maximum atomic E-state index is 5.25. The van der Waals surface area contributed by atoms with Gasteiger partial charge >= 0.3 is 0 Å². The van der Waals surface area contributed by atoms with Crippen molar-refractivity contribution in [1.82, 2.24) is 15.0 Å². The van der Waals surface area contributed by atoms with Crippen molar-refractivity contribution >= 4 is 11.9 Å². The van der Waals surface area contributed by atoms with Crippen LogP contribution in [-0.4, -0.2) is 70.3 Å². The molecular weight excluding hydrogens is 326 g/mol. The molecular formula is C16H29N5O4. The summed E-state index contributed by atoms with van der Waals surface area (Å²) in [6.07, 6.45) is 4.62. The number of aromatic nitrogens is 3. The molecule has 1 saturated carbocycles. The SMILES string of the molecule is COCN(COC)c1nc(C2CCCC2)nc(N(COC)COC)n1. The van der Waals surface area contributed by atoms with E-state index in [1.165, 1.54) is 12.8 Å². The van der Waals surface area contributed by atoms with Crippen LogP contribution in [0.5, 0.6) is 0 Å². The van der Waals surface area contributed by atoms with Crippen LogP contribution < -0.4 is 9.80 Å². The van der Waals surface area contributed by atoms with Gasteiger partial charge in [0.15, 0.2) is 0 Å². The van der Waals surface area contributed by atoms with Crippen LogP contribution in [0.2, 0.25) is 0 Å². The van der Waals surface area contributed by atoms with Crippen molar-refractivity contribution in [2.75, 3.05) is 65.2 Å². The Balaban J connectivity index is 2.38. The van der Waals surface area contributed by atoms with E-state index in [4.69, 9.17) is 28.9 Å². The second-order valence-electron chi connectivity index (χ2n) is 6.03. The summed E-state index contributed by atoms with van der Waals surface area (Å²) in [4.78, 5) is 17.6. The van der Waals surface area contributed by atoms with Crippen LogP contribution >= 0.6 is 0 Å².